The summed E-state index contributed by atoms with van der Waals surface area (Å²) in [5.41, 5.74) is -0.0450. The number of fused-ring (bicyclic) bond motifs is 2. The molecule has 2 atom stereocenters. The van der Waals surface area contributed by atoms with Gasteiger partial charge in [-0.25, -0.2) is 14.6 Å². The summed E-state index contributed by atoms with van der Waals surface area (Å²) in [5.74, 6) is 0. The number of hydroxylamine groups is 2. The van der Waals surface area contributed by atoms with Crippen molar-refractivity contribution in [1.29, 1.82) is 0 Å². The molecule has 0 aliphatic carbocycles. The van der Waals surface area contributed by atoms with Gasteiger partial charge >= 0.3 is 22.5 Å². The fraction of sp³-hybridized carbons (Fsp3) is 0.533. The van der Waals surface area contributed by atoms with Gasteiger partial charge in [0, 0.05) is 30.2 Å². The number of thiazole rings is 1. The Hall–Kier alpha value is -2.22. The second-order valence-electron chi connectivity index (χ2n) is 7.19. The molecule has 28 heavy (non-hydrogen) atoms. The van der Waals surface area contributed by atoms with Crippen molar-refractivity contribution in [1.82, 2.24) is 20.3 Å². The second kappa shape index (κ2) is 7.31. The van der Waals surface area contributed by atoms with Crippen LogP contribution in [0.25, 0.3) is 5.57 Å². The van der Waals surface area contributed by atoms with E-state index in [0.29, 0.717) is 15.6 Å². The molecule has 1 aromatic rings. The molecule has 0 radical (unpaired) electrons. The van der Waals surface area contributed by atoms with E-state index in [2.05, 4.69) is 14.6 Å². The normalized spacial score (nSPS) is 22.3. The number of nitrogens with one attached hydrogen (secondary N) is 1. The Labute approximate surface area is 165 Å². The zero-order valence-electron chi connectivity index (χ0n) is 15.4. The minimum atomic E-state index is -4.87. The minimum Gasteiger partial charge on any atom is -0.444 e. The lowest BCUT2D eigenvalue weighted by Gasteiger charge is -2.31. The molecule has 0 unspecified atom stereocenters. The van der Waals surface area contributed by atoms with Gasteiger partial charge in [-0.2, -0.15) is 13.5 Å². The van der Waals surface area contributed by atoms with Crippen molar-refractivity contribution in [2.75, 3.05) is 13.1 Å². The third-order valence-electron chi connectivity index (χ3n) is 3.92. The monoisotopic (exact) mass is 432 g/mol. The number of ether oxygens (including phenoxy) is 1. The highest BCUT2D eigenvalue weighted by Gasteiger charge is 2.48. The molecule has 2 bridgehead atoms. The molecule has 11 nitrogen and oxygen atoms in total. The number of alkyl carbamates (subject to hydrolysis) is 1. The molecule has 0 aromatic carbocycles. The molecule has 2 N–H and O–H groups in total. The first-order valence-corrected chi connectivity index (χ1v) is 10.5. The van der Waals surface area contributed by atoms with Crippen LogP contribution in [-0.4, -0.2) is 70.8 Å². The zero-order chi connectivity index (χ0) is 20.7. The smallest absolute Gasteiger partial charge is 0.418 e. The Kier molecular flexibility index (Phi) is 5.36. The van der Waals surface area contributed by atoms with Gasteiger partial charge in [0.2, 0.25) is 0 Å². The average Bonchev–Trinajstić information content (AvgIpc) is 3.15. The van der Waals surface area contributed by atoms with E-state index in [1.165, 1.54) is 16.2 Å². The molecule has 1 aromatic heterocycles. The van der Waals surface area contributed by atoms with E-state index >= 15 is 0 Å². The van der Waals surface area contributed by atoms with Crippen LogP contribution in [0.2, 0.25) is 0 Å². The lowest BCUT2D eigenvalue weighted by molar-refractivity contribution is -0.0185. The van der Waals surface area contributed by atoms with E-state index < -0.39 is 40.2 Å². The minimum absolute atomic E-state index is 0.0263. The number of hydrogen-bond acceptors (Lipinski definition) is 8. The quantitative estimate of drug-likeness (QED) is 0.664. The largest absolute Gasteiger partial charge is 0.444 e. The molecular formula is C15H20N4O7S2. The zero-order valence-corrected chi connectivity index (χ0v) is 17.0. The van der Waals surface area contributed by atoms with E-state index in [4.69, 9.17) is 9.29 Å². The number of nitrogens with zero attached hydrogens (tertiary/aromatic N) is 3. The van der Waals surface area contributed by atoms with E-state index in [-0.39, 0.29) is 13.1 Å². The van der Waals surface area contributed by atoms with Crippen LogP contribution >= 0.6 is 11.3 Å². The second-order valence-corrected chi connectivity index (χ2v) is 9.09. The molecule has 0 saturated carbocycles. The predicted molar refractivity (Wildman–Crippen MR) is 98.5 cm³/mol. The van der Waals surface area contributed by atoms with Crippen molar-refractivity contribution in [2.45, 2.75) is 38.5 Å². The van der Waals surface area contributed by atoms with E-state index in [0.717, 1.165) is 0 Å². The Morgan fingerprint density at radius 2 is 2.18 bits per heavy atom. The first kappa shape index (κ1) is 20.5. The van der Waals surface area contributed by atoms with Crippen LogP contribution in [0, 0.1) is 0 Å². The van der Waals surface area contributed by atoms with Crippen molar-refractivity contribution in [2.24, 2.45) is 0 Å². The average molecular weight is 432 g/mol. The van der Waals surface area contributed by atoms with Crippen molar-refractivity contribution in [3.05, 3.63) is 22.7 Å². The van der Waals surface area contributed by atoms with Crippen LogP contribution in [0.15, 0.2) is 17.7 Å². The summed E-state index contributed by atoms with van der Waals surface area (Å²) in [7, 11) is -4.87. The van der Waals surface area contributed by atoms with Crippen molar-refractivity contribution in [3.63, 3.8) is 0 Å². The SMILES string of the molecule is CC(C)(C)OC(=O)NC[C@@H]1C(c2nccs2)=C[C@@H]2CN1C(=O)N2OS(=O)(=O)O. The number of rotatable bonds is 5. The Bertz CT molecular complexity index is 892. The number of aromatic nitrogens is 1. The summed E-state index contributed by atoms with van der Waals surface area (Å²) >= 11 is 1.34. The number of carbonyl (C=O) groups excluding carboxylic acids is 2. The first-order valence-electron chi connectivity index (χ1n) is 8.30. The maximum absolute atomic E-state index is 12.6. The summed E-state index contributed by atoms with van der Waals surface area (Å²) in [6.45, 7) is 5.34. The predicted octanol–water partition coefficient (Wildman–Crippen LogP) is 1.27. The molecule has 3 amide bonds. The Balaban J connectivity index is 1.84. The first-order chi connectivity index (χ1) is 12.9. The number of carbonyl (C=O) groups is 2. The lowest BCUT2D eigenvalue weighted by Crippen LogP contribution is -2.48. The molecule has 13 heteroatoms. The van der Waals surface area contributed by atoms with E-state index in [1.807, 2.05) is 0 Å². The van der Waals surface area contributed by atoms with E-state index in [1.54, 1.807) is 38.4 Å². The van der Waals surface area contributed by atoms with Gasteiger partial charge in [0.25, 0.3) is 0 Å². The van der Waals surface area contributed by atoms with Crippen LogP contribution in [0.1, 0.15) is 25.8 Å². The molecule has 1 fully saturated rings. The molecular weight excluding hydrogens is 412 g/mol. The van der Waals surface area contributed by atoms with Crippen LogP contribution in [0.4, 0.5) is 9.59 Å². The fourth-order valence-corrected chi connectivity index (χ4v) is 4.06. The van der Waals surface area contributed by atoms with E-state index in [9.17, 15) is 18.0 Å². The van der Waals surface area contributed by atoms with Crippen LogP contribution in [0.3, 0.4) is 0 Å². The summed E-state index contributed by atoms with van der Waals surface area (Å²) in [4.78, 5) is 30.2. The van der Waals surface area contributed by atoms with Crippen LogP contribution in [0.5, 0.6) is 0 Å². The van der Waals surface area contributed by atoms with Gasteiger partial charge in [-0.05, 0) is 26.8 Å². The molecule has 2 aliphatic heterocycles. The van der Waals surface area contributed by atoms with Gasteiger partial charge in [0.15, 0.2) is 0 Å². The van der Waals surface area contributed by atoms with Gasteiger partial charge in [-0.15, -0.1) is 15.6 Å². The van der Waals surface area contributed by atoms with Crippen LogP contribution < -0.4 is 5.32 Å². The number of urea groups is 1. The molecule has 2 aliphatic rings. The van der Waals surface area contributed by atoms with Gasteiger partial charge in [-0.3, -0.25) is 4.55 Å². The fourth-order valence-electron chi connectivity index (χ4n) is 2.97. The maximum Gasteiger partial charge on any atom is 0.418 e. The van der Waals surface area contributed by atoms with Crippen molar-refractivity contribution in [3.8, 4) is 0 Å². The molecule has 3 heterocycles. The summed E-state index contributed by atoms with van der Waals surface area (Å²) in [5, 5.41) is 5.59. The third-order valence-corrected chi connectivity index (χ3v) is 5.09. The van der Waals surface area contributed by atoms with Crippen molar-refractivity contribution < 1.29 is 31.6 Å². The number of hydrogen-bond donors (Lipinski definition) is 2. The molecule has 154 valence electrons. The molecule has 0 spiro atoms. The highest BCUT2D eigenvalue weighted by Crippen LogP contribution is 2.35. The highest BCUT2D eigenvalue weighted by atomic mass is 32.3. The summed E-state index contributed by atoms with van der Waals surface area (Å²) < 4.78 is 40.7. The number of amides is 3. The lowest BCUT2D eigenvalue weighted by atomic mass is 9.99. The van der Waals surface area contributed by atoms with Gasteiger partial charge in [-0.1, -0.05) is 0 Å². The maximum atomic E-state index is 12.6. The molecule has 3 rings (SSSR count). The third kappa shape index (κ3) is 4.60. The molecule has 1 saturated heterocycles. The Morgan fingerprint density at radius 1 is 1.46 bits per heavy atom. The van der Waals surface area contributed by atoms with Gasteiger partial charge < -0.3 is 15.0 Å². The summed E-state index contributed by atoms with van der Waals surface area (Å²) in [6.07, 6.45) is 2.59. The highest BCUT2D eigenvalue weighted by molar-refractivity contribution is 7.80. The van der Waals surface area contributed by atoms with Crippen molar-refractivity contribution >= 4 is 39.4 Å². The van der Waals surface area contributed by atoms with Crippen LogP contribution in [-0.2, 0) is 19.4 Å². The summed E-state index contributed by atoms with van der Waals surface area (Å²) in [6, 6.07) is -2.09. The van der Waals surface area contributed by atoms with Gasteiger partial charge in [0.1, 0.15) is 10.6 Å². The standard InChI is InChI=1S/C15H20N4O7S2/c1-15(2,3)25-13(20)17-7-11-10(12-16-4-5-27-12)6-9-8-18(11)14(21)19(9)26-28(22,23)24/h4-6,9,11H,7-8H2,1-3H3,(H,17,20)(H,22,23,24)/t9-,11-/m1/s1. The van der Waals surface area contributed by atoms with Gasteiger partial charge in [0.05, 0.1) is 12.1 Å². The Morgan fingerprint density at radius 3 is 2.75 bits per heavy atom. The topological polar surface area (TPSA) is 138 Å².